The highest BCUT2D eigenvalue weighted by Crippen LogP contribution is 2.38. The summed E-state index contributed by atoms with van der Waals surface area (Å²) in [5.41, 5.74) is 1.88. The van der Waals surface area contributed by atoms with Gasteiger partial charge in [-0.2, -0.15) is 5.10 Å². The van der Waals surface area contributed by atoms with Crippen LogP contribution in [0.5, 0.6) is 0 Å². The highest BCUT2D eigenvalue weighted by atomic mass is 16.5. The quantitative estimate of drug-likeness (QED) is 0.765. The van der Waals surface area contributed by atoms with Crippen LogP contribution in [0, 0.1) is 12.3 Å². The first kappa shape index (κ1) is 18.4. The summed E-state index contributed by atoms with van der Waals surface area (Å²) in [4.78, 5) is 17.6. The first-order valence-corrected chi connectivity index (χ1v) is 9.54. The zero-order valence-corrected chi connectivity index (χ0v) is 16.0. The molecule has 0 N–H and O–H groups in total. The number of amides is 1. The molecule has 140 valence electrons. The van der Waals surface area contributed by atoms with Crippen molar-refractivity contribution in [1.82, 2.24) is 19.6 Å². The molecule has 3 rings (SSSR count). The van der Waals surface area contributed by atoms with Crippen LogP contribution in [0.1, 0.15) is 48.3 Å². The summed E-state index contributed by atoms with van der Waals surface area (Å²) in [5.74, 6) is 0.138. The molecule has 0 saturated carbocycles. The Labute approximate surface area is 151 Å². The van der Waals surface area contributed by atoms with E-state index in [9.17, 15) is 4.79 Å². The maximum atomic E-state index is 13.0. The number of aromatic nitrogens is 2. The first-order valence-electron chi connectivity index (χ1n) is 9.54. The van der Waals surface area contributed by atoms with Crippen molar-refractivity contribution in [1.29, 1.82) is 0 Å². The van der Waals surface area contributed by atoms with E-state index in [1.54, 1.807) is 11.8 Å². The van der Waals surface area contributed by atoms with Gasteiger partial charge in [0.05, 0.1) is 5.69 Å². The third kappa shape index (κ3) is 4.23. The van der Waals surface area contributed by atoms with Crippen LogP contribution in [0.2, 0.25) is 0 Å². The highest BCUT2D eigenvalue weighted by Gasteiger charge is 2.40. The number of aryl methyl sites for hydroxylation is 2. The average Bonchev–Trinajstić information content (AvgIpc) is 2.93. The standard InChI is InChI=1S/C19H32N4O2/c1-16-13-17(21(2)20-16)18(24)23-11-5-8-19(15-23)7-4-9-22(14-19)10-6-12-25-3/h13H,4-12,14-15H2,1-3H3. The maximum absolute atomic E-state index is 13.0. The summed E-state index contributed by atoms with van der Waals surface area (Å²) in [6, 6.07) is 1.90. The number of rotatable bonds is 5. The number of piperidine rings is 2. The number of methoxy groups -OCH3 is 1. The van der Waals surface area contributed by atoms with Crippen molar-refractivity contribution in [2.45, 2.75) is 39.0 Å². The maximum Gasteiger partial charge on any atom is 0.272 e. The van der Waals surface area contributed by atoms with Crippen molar-refractivity contribution in [3.63, 3.8) is 0 Å². The molecule has 0 bridgehead atoms. The van der Waals surface area contributed by atoms with Crippen LogP contribution in [0.4, 0.5) is 0 Å². The van der Waals surface area contributed by atoms with E-state index >= 15 is 0 Å². The predicted molar refractivity (Wildman–Crippen MR) is 97.7 cm³/mol. The molecule has 6 nitrogen and oxygen atoms in total. The molecule has 2 aliphatic heterocycles. The van der Waals surface area contributed by atoms with Crippen molar-refractivity contribution >= 4 is 5.91 Å². The topological polar surface area (TPSA) is 50.6 Å². The molecule has 3 heterocycles. The van der Waals surface area contributed by atoms with Gasteiger partial charge >= 0.3 is 0 Å². The SMILES string of the molecule is COCCCN1CCCC2(CCCN(C(=O)c3cc(C)nn3C)C2)C1. The molecule has 0 radical (unpaired) electrons. The third-order valence-corrected chi connectivity index (χ3v) is 5.73. The van der Waals surface area contributed by atoms with Crippen LogP contribution in [-0.4, -0.2) is 71.9 Å². The molecule has 25 heavy (non-hydrogen) atoms. The molecule has 1 atom stereocenters. The van der Waals surface area contributed by atoms with E-state index in [0.717, 1.165) is 51.3 Å². The lowest BCUT2D eigenvalue weighted by Gasteiger charge is -2.48. The van der Waals surface area contributed by atoms with Crippen molar-refractivity contribution in [2.75, 3.05) is 46.4 Å². The Bertz CT molecular complexity index is 596. The Hall–Kier alpha value is -1.40. The predicted octanol–water partition coefficient (Wildman–Crippen LogP) is 2.08. The van der Waals surface area contributed by atoms with Crippen LogP contribution in [0.3, 0.4) is 0 Å². The summed E-state index contributed by atoms with van der Waals surface area (Å²) in [7, 11) is 3.63. The van der Waals surface area contributed by atoms with Crippen molar-refractivity contribution in [3.8, 4) is 0 Å². The van der Waals surface area contributed by atoms with Crippen molar-refractivity contribution < 1.29 is 9.53 Å². The van der Waals surface area contributed by atoms with Gasteiger partial charge in [-0.1, -0.05) is 0 Å². The number of nitrogens with zero attached hydrogens (tertiary/aromatic N) is 4. The number of hydrogen-bond acceptors (Lipinski definition) is 4. The van der Waals surface area contributed by atoms with Crippen LogP contribution in [0.15, 0.2) is 6.07 Å². The van der Waals surface area contributed by atoms with E-state index in [0.29, 0.717) is 5.69 Å². The monoisotopic (exact) mass is 348 g/mol. The number of carbonyl (C=O) groups excluding carboxylic acids is 1. The third-order valence-electron chi connectivity index (χ3n) is 5.73. The largest absolute Gasteiger partial charge is 0.385 e. The second kappa shape index (κ2) is 7.87. The molecule has 0 aliphatic carbocycles. The van der Waals surface area contributed by atoms with Crippen molar-refractivity contribution in [3.05, 3.63) is 17.5 Å². The van der Waals surface area contributed by atoms with Gasteiger partial charge in [0, 0.05) is 52.4 Å². The lowest BCUT2D eigenvalue weighted by Crippen LogP contribution is -2.54. The summed E-state index contributed by atoms with van der Waals surface area (Å²) in [6.45, 7) is 7.92. The molecule has 1 aromatic heterocycles. The minimum atomic E-state index is 0.138. The Balaban J connectivity index is 1.65. The highest BCUT2D eigenvalue weighted by molar-refractivity contribution is 5.92. The fraction of sp³-hybridized carbons (Fsp3) is 0.789. The lowest BCUT2D eigenvalue weighted by molar-refractivity contribution is 0.0113. The minimum Gasteiger partial charge on any atom is -0.385 e. The van der Waals surface area contributed by atoms with E-state index in [1.807, 2.05) is 20.0 Å². The Morgan fingerprint density at radius 2 is 2.04 bits per heavy atom. The molecule has 2 saturated heterocycles. The number of hydrogen-bond donors (Lipinski definition) is 0. The second-order valence-electron chi connectivity index (χ2n) is 7.85. The summed E-state index contributed by atoms with van der Waals surface area (Å²) in [6.07, 6.45) is 5.90. The number of ether oxygens (including phenoxy) is 1. The zero-order chi connectivity index (χ0) is 17.9. The first-order chi connectivity index (χ1) is 12.0. The van der Waals surface area contributed by atoms with Gasteiger partial charge < -0.3 is 14.5 Å². The Kier molecular flexibility index (Phi) is 5.79. The minimum absolute atomic E-state index is 0.138. The van der Waals surface area contributed by atoms with Gasteiger partial charge in [0.25, 0.3) is 5.91 Å². The van der Waals surface area contributed by atoms with E-state index < -0.39 is 0 Å². The van der Waals surface area contributed by atoms with Gasteiger partial charge in [0.2, 0.25) is 0 Å². The Morgan fingerprint density at radius 1 is 1.28 bits per heavy atom. The molecule has 6 heteroatoms. The lowest BCUT2D eigenvalue weighted by atomic mass is 9.73. The molecule has 2 fully saturated rings. The number of carbonyl (C=O) groups is 1. The van der Waals surface area contributed by atoms with Crippen LogP contribution in [0.25, 0.3) is 0 Å². The molecular weight excluding hydrogens is 316 g/mol. The fourth-order valence-corrected chi connectivity index (χ4v) is 4.62. The fourth-order valence-electron chi connectivity index (χ4n) is 4.62. The van der Waals surface area contributed by atoms with Gasteiger partial charge in [0.1, 0.15) is 5.69 Å². The van der Waals surface area contributed by atoms with Gasteiger partial charge in [-0.25, -0.2) is 0 Å². The summed E-state index contributed by atoms with van der Waals surface area (Å²) >= 11 is 0. The Morgan fingerprint density at radius 3 is 2.72 bits per heavy atom. The van der Waals surface area contributed by atoms with Crippen LogP contribution >= 0.6 is 0 Å². The molecule has 1 spiro atoms. The van der Waals surface area contributed by atoms with Gasteiger partial charge in [-0.3, -0.25) is 9.48 Å². The van der Waals surface area contributed by atoms with Crippen LogP contribution < -0.4 is 0 Å². The molecule has 1 amide bonds. The molecule has 1 aromatic rings. The number of likely N-dealkylation sites (tertiary alicyclic amines) is 2. The van der Waals surface area contributed by atoms with Gasteiger partial charge in [-0.05, 0) is 51.6 Å². The zero-order valence-electron chi connectivity index (χ0n) is 16.0. The molecule has 1 unspecified atom stereocenters. The molecular formula is C19H32N4O2. The molecule has 0 aromatic carbocycles. The van der Waals surface area contributed by atoms with Gasteiger partial charge in [-0.15, -0.1) is 0 Å². The van der Waals surface area contributed by atoms with Crippen LogP contribution in [-0.2, 0) is 11.8 Å². The van der Waals surface area contributed by atoms with E-state index in [2.05, 4.69) is 14.9 Å². The molecule has 2 aliphatic rings. The second-order valence-corrected chi connectivity index (χ2v) is 7.85. The van der Waals surface area contributed by atoms with Gasteiger partial charge in [0.15, 0.2) is 0 Å². The van der Waals surface area contributed by atoms with E-state index in [-0.39, 0.29) is 11.3 Å². The average molecular weight is 348 g/mol. The van der Waals surface area contributed by atoms with Crippen molar-refractivity contribution in [2.24, 2.45) is 12.5 Å². The summed E-state index contributed by atoms with van der Waals surface area (Å²) < 4.78 is 6.91. The van der Waals surface area contributed by atoms with E-state index in [4.69, 9.17) is 4.74 Å². The smallest absolute Gasteiger partial charge is 0.272 e. The normalized spacial score (nSPS) is 24.8. The van der Waals surface area contributed by atoms with E-state index in [1.165, 1.54) is 25.8 Å². The summed E-state index contributed by atoms with van der Waals surface area (Å²) in [5, 5.41) is 4.33.